The lowest BCUT2D eigenvalue weighted by atomic mass is 10.1. The van der Waals surface area contributed by atoms with Gasteiger partial charge in [0.15, 0.2) is 5.82 Å². The molecule has 0 bridgehead atoms. The minimum Gasteiger partial charge on any atom is -0.315 e. The molecule has 2 N–H and O–H groups in total. The zero-order chi connectivity index (χ0) is 13.2. The van der Waals surface area contributed by atoms with Crippen LogP contribution in [-0.2, 0) is 10.0 Å². The third-order valence-electron chi connectivity index (χ3n) is 2.82. The summed E-state index contributed by atoms with van der Waals surface area (Å²) in [5, 5.41) is 2.89. The number of hydrogen-bond acceptors (Lipinski definition) is 3. The molecular formula is C11H14ClFN2O2S. The van der Waals surface area contributed by atoms with Crippen molar-refractivity contribution in [2.75, 3.05) is 13.1 Å². The van der Waals surface area contributed by atoms with Gasteiger partial charge in [0, 0.05) is 12.6 Å². The van der Waals surface area contributed by atoms with Crippen molar-refractivity contribution < 1.29 is 12.8 Å². The van der Waals surface area contributed by atoms with Crippen molar-refractivity contribution in [3.63, 3.8) is 0 Å². The summed E-state index contributed by atoms with van der Waals surface area (Å²) in [6.45, 7) is 1.44. The van der Waals surface area contributed by atoms with Gasteiger partial charge in [0.1, 0.15) is 4.90 Å². The number of rotatable bonds is 3. The highest BCUT2D eigenvalue weighted by Gasteiger charge is 2.25. The molecule has 7 heteroatoms. The van der Waals surface area contributed by atoms with Gasteiger partial charge in [-0.25, -0.2) is 17.5 Å². The van der Waals surface area contributed by atoms with Crippen LogP contribution in [0.5, 0.6) is 0 Å². The van der Waals surface area contributed by atoms with Gasteiger partial charge in [0.05, 0.1) is 5.02 Å². The van der Waals surface area contributed by atoms with Gasteiger partial charge in [-0.3, -0.25) is 0 Å². The molecule has 0 spiro atoms. The normalized spacial score (nSPS) is 20.9. The molecule has 1 aromatic carbocycles. The van der Waals surface area contributed by atoms with E-state index in [1.54, 1.807) is 0 Å². The predicted molar refractivity (Wildman–Crippen MR) is 67.6 cm³/mol. The molecular weight excluding hydrogens is 279 g/mol. The van der Waals surface area contributed by atoms with E-state index >= 15 is 0 Å². The SMILES string of the molecule is O=S(=O)(N[C@H]1CCCNC1)c1cccc(Cl)c1F. The summed E-state index contributed by atoms with van der Waals surface area (Å²) in [6.07, 6.45) is 1.64. The largest absolute Gasteiger partial charge is 0.315 e. The fourth-order valence-corrected chi connectivity index (χ4v) is 3.53. The molecule has 1 fully saturated rings. The van der Waals surface area contributed by atoms with Gasteiger partial charge in [0.25, 0.3) is 0 Å². The average Bonchev–Trinajstić information content (AvgIpc) is 2.33. The average molecular weight is 293 g/mol. The molecule has 0 radical (unpaired) electrons. The van der Waals surface area contributed by atoms with E-state index in [2.05, 4.69) is 10.0 Å². The lowest BCUT2D eigenvalue weighted by molar-refractivity contribution is 0.427. The van der Waals surface area contributed by atoms with E-state index in [9.17, 15) is 12.8 Å². The molecule has 1 saturated heterocycles. The van der Waals surface area contributed by atoms with Crippen LogP contribution in [0.1, 0.15) is 12.8 Å². The van der Waals surface area contributed by atoms with E-state index in [1.165, 1.54) is 18.2 Å². The molecule has 1 aromatic rings. The number of nitrogens with one attached hydrogen (secondary N) is 2. The maximum Gasteiger partial charge on any atom is 0.243 e. The Morgan fingerprint density at radius 1 is 1.44 bits per heavy atom. The zero-order valence-corrected chi connectivity index (χ0v) is 11.2. The summed E-state index contributed by atoms with van der Waals surface area (Å²) in [6, 6.07) is 3.74. The van der Waals surface area contributed by atoms with Crippen LogP contribution in [0.2, 0.25) is 5.02 Å². The predicted octanol–water partition coefficient (Wildman–Crippen LogP) is 1.51. The first-order valence-electron chi connectivity index (χ1n) is 5.68. The van der Waals surface area contributed by atoms with Crippen LogP contribution in [0.3, 0.4) is 0 Å². The highest BCUT2D eigenvalue weighted by Crippen LogP contribution is 2.22. The Morgan fingerprint density at radius 2 is 2.22 bits per heavy atom. The third-order valence-corrected chi connectivity index (χ3v) is 4.65. The molecule has 1 aliphatic heterocycles. The molecule has 0 aromatic heterocycles. The summed E-state index contributed by atoms with van der Waals surface area (Å²) in [5.41, 5.74) is 0. The quantitative estimate of drug-likeness (QED) is 0.888. The topological polar surface area (TPSA) is 58.2 Å². The summed E-state index contributed by atoms with van der Waals surface area (Å²) >= 11 is 5.58. The van der Waals surface area contributed by atoms with Crippen LogP contribution < -0.4 is 10.0 Å². The number of benzene rings is 1. The summed E-state index contributed by atoms with van der Waals surface area (Å²) in [4.78, 5) is -0.402. The first-order chi connectivity index (χ1) is 8.50. The van der Waals surface area contributed by atoms with E-state index in [0.717, 1.165) is 19.4 Å². The lowest BCUT2D eigenvalue weighted by Crippen LogP contribution is -2.45. The lowest BCUT2D eigenvalue weighted by Gasteiger charge is -2.23. The van der Waals surface area contributed by atoms with Crippen LogP contribution in [0, 0.1) is 5.82 Å². The Hall–Kier alpha value is -0.690. The fraction of sp³-hybridized carbons (Fsp3) is 0.455. The highest BCUT2D eigenvalue weighted by molar-refractivity contribution is 7.89. The van der Waals surface area contributed by atoms with Gasteiger partial charge in [-0.2, -0.15) is 0 Å². The number of piperidine rings is 1. The number of sulfonamides is 1. The monoisotopic (exact) mass is 292 g/mol. The maximum atomic E-state index is 13.7. The van der Waals surface area contributed by atoms with E-state index in [1.807, 2.05) is 0 Å². The first-order valence-corrected chi connectivity index (χ1v) is 7.54. The standard InChI is InChI=1S/C11H14ClFN2O2S/c12-9-4-1-5-10(11(9)13)18(16,17)15-8-3-2-6-14-7-8/h1,4-5,8,14-15H,2-3,6-7H2/t8-/m0/s1. The van der Waals surface area contributed by atoms with Crippen LogP contribution in [0.25, 0.3) is 0 Å². The minimum atomic E-state index is -3.86. The van der Waals surface area contributed by atoms with E-state index in [0.29, 0.717) is 6.54 Å². The molecule has 0 aliphatic carbocycles. The maximum absolute atomic E-state index is 13.7. The van der Waals surface area contributed by atoms with E-state index < -0.39 is 20.7 Å². The van der Waals surface area contributed by atoms with Gasteiger partial charge in [-0.15, -0.1) is 0 Å². The first kappa shape index (κ1) is 13.7. The Balaban J connectivity index is 2.22. The van der Waals surface area contributed by atoms with Crippen molar-refractivity contribution in [2.45, 2.75) is 23.8 Å². The molecule has 4 nitrogen and oxygen atoms in total. The number of halogens is 2. The van der Waals surface area contributed by atoms with Crippen molar-refractivity contribution in [3.05, 3.63) is 29.0 Å². The second kappa shape index (κ2) is 5.52. The molecule has 0 saturated carbocycles. The summed E-state index contributed by atoms with van der Waals surface area (Å²) in [7, 11) is -3.86. The van der Waals surface area contributed by atoms with Crippen molar-refractivity contribution >= 4 is 21.6 Å². The van der Waals surface area contributed by atoms with Gasteiger partial charge in [-0.05, 0) is 31.5 Å². The van der Waals surface area contributed by atoms with Crippen molar-refractivity contribution in [1.29, 1.82) is 0 Å². The molecule has 18 heavy (non-hydrogen) atoms. The molecule has 1 aliphatic rings. The molecule has 1 heterocycles. The third kappa shape index (κ3) is 3.00. The molecule has 2 rings (SSSR count). The second-order valence-electron chi connectivity index (χ2n) is 4.22. The van der Waals surface area contributed by atoms with Crippen LogP contribution >= 0.6 is 11.6 Å². The molecule has 1 atom stereocenters. The van der Waals surface area contributed by atoms with Crippen molar-refractivity contribution in [1.82, 2.24) is 10.0 Å². The summed E-state index contributed by atoms with van der Waals surface area (Å²) < 4.78 is 40.2. The fourth-order valence-electron chi connectivity index (χ4n) is 1.93. The Kier molecular flexibility index (Phi) is 4.21. The Labute approximate surface area is 111 Å². The Bertz CT molecular complexity index is 530. The van der Waals surface area contributed by atoms with Gasteiger partial charge >= 0.3 is 0 Å². The minimum absolute atomic E-state index is 0.195. The van der Waals surface area contributed by atoms with E-state index in [-0.39, 0.29) is 11.1 Å². The van der Waals surface area contributed by atoms with Crippen LogP contribution in [0.4, 0.5) is 4.39 Å². The van der Waals surface area contributed by atoms with Crippen LogP contribution in [0.15, 0.2) is 23.1 Å². The van der Waals surface area contributed by atoms with Crippen molar-refractivity contribution in [2.24, 2.45) is 0 Å². The second-order valence-corrected chi connectivity index (χ2v) is 6.31. The zero-order valence-electron chi connectivity index (χ0n) is 9.62. The van der Waals surface area contributed by atoms with Crippen LogP contribution in [-0.4, -0.2) is 27.5 Å². The van der Waals surface area contributed by atoms with Gasteiger partial charge in [0.2, 0.25) is 10.0 Å². The van der Waals surface area contributed by atoms with Crippen molar-refractivity contribution in [3.8, 4) is 0 Å². The molecule has 0 amide bonds. The Morgan fingerprint density at radius 3 is 2.89 bits per heavy atom. The van der Waals surface area contributed by atoms with Gasteiger partial charge < -0.3 is 5.32 Å². The smallest absolute Gasteiger partial charge is 0.243 e. The highest BCUT2D eigenvalue weighted by atomic mass is 35.5. The number of hydrogen-bond donors (Lipinski definition) is 2. The summed E-state index contributed by atoms with van der Waals surface area (Å²) in [5.74, 6) is -0.907. The van der Waals surface area contributed by atoms with E-state index in [4.69, 9.17) is 11.6 Å². The molecule has 100 valence electrons. The molecule has 0 unspecified atom stereocenters. The van der Waals surface area contributed by atoms with Gasteiger partial charge in [-0.1, -0.05) is 17.7 Å².